The molecule has 0 unspecified atom stereocenters. The number of rotatable bonds is 2. The summed E-state index contributed by atoms with van der Waals surface area (Å²) in [5, 5.41) is 12.6. The zero-order chi connectivity index (χ0) is 11.7. The molecule has 0 aliphatic heterocycles. The molecule has 1 N–H and O–H groups in total. The first kappa shape index (κ1) is 10.8. The maximum absolute atomic E-state index is 10.7. The topological polar surface area (TPSA) is 68.0 Å². The highest BCUT2D eigenvalue weighted by Gasteiger charge is 2.10. The number of nitrogens with zero attached hydrogens (tertiary/aromatic N) is 3. The Bertz CT molecular complexity index is 551. The van der Waals surface area contributed by atoms with Gasteiger partial charge < -0.3 is 5.11 Å². The number of aryl methyl sites for hydroxylation is 1. The molecule has 2 rings (SSSR count). The van der Waals surface area contributed by atoms with E-state index in [0.717, 1.165) is 10.0 Å². The van der Waals surface area contributed by atoms with E-state index < -0.39 is 5.97 Å². The third-order valence-electron chi connectivity index (χ3n) is 1.98. The van der Waals surface area contributed by atoms with Gasteiger partial charge in [-0.25, -0.2) is 14.5 Å². The fourth-order valence-electron chi connectivity index (χ4n) is 1.25. The predicted octanol–water partition coefficient (Wildman–Crippen LogP) is 2.04. The molecule has 2 aromatic rings. The number of aromatic nitrogens is 3. The summed E-state index contributed by atoms with van der Waals surface area (Å²) in [6.07, 6.45) is 3.26. The van der Waals surface area contributed by atoms with E-state index in [1.165, 1.54) is 10.7 Å². The molecule has 2 aromatic heterocycles. The van der Waals surface area contributed by atoms with Gasteiger partial charge >= 0.3 is 5.97 Å². The van der Waals surface area contributed by atoms with Gasteiger partial charge in [0.15, 0.2) is 11.5 Å². The number of hydrogen-bond acceptors (Lipinski definition) is 3. The third-order valence-corrected chi connectivity index (χ3v) is 2.57. The first-order valence-corrected chi connectivity index (χ1v) is 5.28. The molecule has 0 aliphatic rings. The van der Waals surface area contributed by atoms with E-state index >= 15 is 0 Å². The molecule has 6 heteroatoms. The zero-order valence-corrected chi connectivity index (χ0v) is 9.97. The molecule has 2 heterocycles. The van der Waals surface area contributed by atoms with E-state index in [1.54, 1.807) is 12.4 Å². The Morgan fingerprint density at radius 3 is 2.88 bits per heavy atom. The number of pyridine rings is 1. The Morgan fingerprint density at radius 2 is 2.31 bits per heavy atom. The van der Waals surface area contributed by atoms with E-state index in [2.05, 4.69) is 26.0 Å². The van der Waals surface area contributed by atoms with Crippen LogP contribution in [0.25, 0.3) is 5.82 Å². The molecule has 0 bridgehead atoms. The molecule has 0 aliphatic carbocycles. The van der Waals surface area contributed by atoms with Crippen molar-refractivity contribution in [2.24, 2.45) is 0 Å². The maximum atomic E-state index is 10.7. The van der Waals surface area contributed by atoms with Crippen LogP contribution in [-0.2, 0) is 0 Å². The summed E-state index contributed by atoms with van der Waals surface area (Å²) in [6, 6.07) is 3.32. The summed E-state index contributed by atoms with van der Waals surface area (Å²) >= 11 is 3.36. The normalized spacial score (nSPS) is 10.4. The van der Waals surface area contributed by atoms with Gasteiger partial charge in [-0.15, -0.1) is 0 Å². The van der Waals surface area contributed by atoms with Gasteiger partial charge in [0.2, 0.25) is 0 Å². The van der Waals surface area contributed by atoms with Crippen LogP contribution < -0.4 is 0 Å². The average molecular weight is 282 g/mol. The Labute approximate surface area is 99.9 Å². The molecule has 16 heavy (non-hydrogen) atoms. The number of halogens is 1. The molecular weight excluding hydrogens is 274 g/mol. The molecule has 0 saturated carbocycles. The highest BCUT2D eigenvalue weighted by atomic mass is 79.9. The van der Waals surface area contributed by atoms with Gasteiger partial charge in [-0.1, -0.05) is 0 Å². The minimum absolute atomic E-state index is 0.00530. The number of hydrogen-bond donors (Lipinski definition) is 1. The summed E-state index contributed by atoms with van der Waals surface area (Å²) in [6.45, 7) is 1.92. The molecule has 0 amide bonds. The Kier molecular flexibility index (Phi) is 2.74. The zero-order valence-electron chi connectivity index (χ0n) is 8.38. The number of carboxylic acid groups (broad SMARTS) is 1. The first-order chi connectivity index (χ1) is 7.58. The Balaban J connectivity index is 2.46. The highest BCUT2D eigenvalue weighted by molar-refractivity contribution is 9.10. The summed E-state index contributed by atoms with van der Waals surface area (Å²) < 4.78 is 2.19. The van der Waals surface area contributed by atoms with Crippen LogP contribution in [0.3, 0.4) is 0 Å². The molecular formula is C10H8BrN3O2. The average Bonchev–Trinajstić information content (AvgIpc) is 2.66. The fraction of sp³-hybridized carbons (Fsp3) is 0.100. The van der Waals surface area contributed by atoms with Crippen molar-refractivity contribution in [2.75, 3.05) is 0 Å². The first-order valence-electron chi connectivity index (χ1n) is 4.49. The van der Waals surface area contributed by atoms with Crippen LogP contribution >= 0.6 is 15.9 Å². The van der Waals surface area contributed by atoms with Gasteiger partial charge in [0.1, 0.15) is 0 Å². The quantitative estimate of drug-likeness (QED) is 0.915. The highest BCUT2D eigenvalue weighted by Crippen LogP contribution is 2.19. The lowest BCUT2D eigenvalue weighted by molar-refractivity contribution is 0.0690. The third kappa shape index (κ3) is 1.96. The lowest BCUT2D eigenvalue weighted by atomic mass is 10.3. The smallest absolute Gasteiger partial charge is 0.356 e. The van der Waals surface area contributed by atoms with E-state index in [4.69, 9.17) is 5.11 Å². The van der Waals surface area contributed by atoms with Gasteiger partial charge in [-0.05, 0) is 40.5 Å². The van der Waals surface area contributed by atoms with Crippen LogP contribution in [0.15, 0.2) is 29.0 Å². The Morgan fingerprint density at radius 1 is 1.56 bits per heavy atom. The SMILES string of the molecule is Cc1cnc(-n2ccc(C(=O)O)n2)c(Br)c1. The van der Waals surface area contributed by atoms with Crippen molar-refractivity contribution in [3.63, 3.8) is 0 Å². The molecule has 5 nitrogen and oxygen atoms in total. The van der Waals surface area contributed by atoms with Crippen LogP contribution in [0.5, 0.6) is 0 Å². The molecule has 0 fully saturated rings. The molecule has 0 atom stereocenters. The molecule has 82 valence electrons. The number of carboxylic acids is 1. The van der Waals surface area contributed by atoms with E-state index in [0.29, 0.717) is 5.82 Å². The van der Waals surface area contributed by atoms with Crippen molar-refractivity contribution in [3.05, 3.63) is 40.3 Å². The lowest BCUT2D eigenvalue weighted by Gasteiger charge is -2.03. The molecule has 0 spiro atoms. The molecule has 0 radical (unpaired) electrons. The predicted molar refractivity (Wildman–Crippen MR) is 60.8 cm³/mol. The summed E-state index contributed by atoms with van der Waals surface area (Å²) in [7, 11) is 0. The van der Waals surface area contributed by atoms with Crippen molar-refractivity contribution in [1.29, 1.82) is 0 Å². The summed E-state index contributed by atoms with van der Waals surface area (Å²) in [5.41, 5.74) is 1.01. The largest absolute Gasteiger partial charge is 0.476 e. The standard InChI is InChI=1S/C10H8BrN3O2/c1-6-4-7(11)9(12-5-6)14-3-2-8(13-14)10(15)16/h2-5H,1H3,(H,15,16). The van der Waals surface area contributed by atoms with Gasteiger partial charge in [0.05, 0.1) is 4.47 Å². The monoisotopic (exact) mass is 281 g/mol. The second kappa shape index (κ2) is 4.05. The van der Waals surface area contributed by atoms with Gasteiger partial charge in [0, 0.05) is 12.4 Å². The van der Waals surface area contributed by atoms with Crippen molar-refractivity contribution in [3.8, 4) is 5.82 Å². The van der Waals surface area contributed by atoms with Crippen molar-refractivity contribution in [1.82, 2.24) is 14.8 Å². The summed E-state index contributed by atoms with van der Waals surface area (Å²) in [4.78, 5) is 14.9. The second-order valence-electron chi connectivity index (χ2n) is 3.27. The van der Waals surface area contributed by atoms with Crippen LogP contribution in [-0.4, -0.2) is 25.8 Å². The van der Waals surface area contributed by atoms with E-state index in [-0.39, 0.29) is 5.69 Å². The van der Waals surface area contributed by atoms with Gasteiger partial charge in [-0.3, -0.25) is 0 Å². The number of carbonyl (C=O) groups is 1. The Hall–Kier alpha value is -1.69. The molecule has 0 saturated heterocycles. The second-order valence-corrected chi connectivity index (χ2v) is 4.12. The van der Waals surface area contributed by atoms with E-state index in [9.17, 15) is 4.79 Å². The van der Waals surface area contributed by atoms with Crippen molar-refractivity contribution >= 4 is 21.9 Å². The number of aromatic carboxylic acids is 1. The van der Waals surface area contributed by atoms with Crippen molar-refractivity contribution < 1.29 is 9.90 Å². The minimum Gasteiger partial charge on any atom is -0.476 e. The van der Waals surface area contributed by atoms with Crippen LogP contribution in [0.2, 0.25) is 0 Å². The van der Waals surface area contributed by atoms with Crippen molar-refractivity contribution in [2.45, 2.75) is 6.92 Å². The van der Waals surface area contributed by atoms with Gasteiger partial charge in [0.25, 0.3) is 0 Å². The van der Waals surface area contributed by atoms with Crippen LogP contribution in [0.4, 0.5) is 0 Å². The lowest BCUT2D eigenvalue weighted by Crippen LogP contribution is -2.03. The molecule has 0 aromatic carbocycles. The minimum atomic E-state index is -1.05. The summed E-state index contributed by atoms with van der Waals surface area (Å²) in [5.74, 6) is -0.486. The van der Waals surface area contributed by atoms with Crippen LogP contribution in [0.1, 0.15) is 16.1 Å². The maximum Gasteiger partial charge on any atom is 0.356 e. The van der Waals surface area contributed by atoms with E-state index in [1.807, 2.05) is 13.0 Å². The van der Waals surface area contributed by atoms with Gasteiger partial charge in [-0.2, -0.15) is 5.10 Å². The van der Waals surface area contributed by atoms with Crippen LogP contribution in [0, 0.1) is 6.92 Å². The fourth-order valence-corrected chi connectivity index (χ4v) is 1.90.